The van der Waals surface area contributed by atoms with E-state index >= 15 is 0 Å². The van der Waals surface area contributed by atoms with Gasteiger partial charge in [0.05, 0.1) is 0 Å². The molecule has 0 saturated carbocycles. The van der Waals surface area contributed by atoms with E-state index in [2.05, 4.69) is 7.96 Å². The number of benzene rings is 1. The Morgan fingerprint density at radius 1 is 1.33 bits per heavy atom. The van der Waals surface area contributed by atoms with Gasteiger partial charge >= 0.3 is 93.2 Å². The van der Waals surface area contributed by atoms with Gasteiger partial charge in [-0.3, -0.25) is 0 Å². The number of ether oxygens (including phenoxy) is 1. The van der Waals surface area contributed by atoms with Crippen molar-refractivity contribution in [2.24, 2.45) is 0 Å². The minimum absolute atomic E-state index is 0.0527. The van der Waals surface area contributed by atoms with Crippen LogP contribution in [0.5, 0.6) is 0 Å². The fourth-order valence-corrected chi connectivity index (χ4v) is 2.28. The van der Waals surface area contributed by atoms with E-state index in [1.54, 1.807) is 12.1 Å². The molecule has 0 atom stereocenters. The van der Waals surface area contributed by atoms with Crippen LogP contribution in [0.1, 0.15) is 24.2 Å². The van der Waals surface area contributed by atoms with Gasteiger partial charge in [0.15, 0.2) is 0 Å². The number of carbonyl (C=O) groups excluding carboxylic acids is 1. The molecule has 0 radical (unpaired) electrons. The Balaban J connectivity index is 2.31. The van der Waals surface area contributed by atoms with Crippen molar-refractivity contribution in [1.29, 1.82) is 0 Å². The van der Waals surface area contributed by atoms with Gasteiger partial charge < -0.3 is 0 Å². The van der Waals surface area contributed by atoms with E-state index in [1.165, 1.54) is 0 Å². The topological polar surface area (TPSA) is 52.1 Å². The fraction of sp³-hybridized carbons (Fsp3) is 0.300. The Kier molecular flexibility index (Phi) is 2.84. The van der Waals surface area contributed by atoms with Gasteiger partial charge in [-0.15, -0.1) is 0 Å². The maximum atomic E-state index is 11.6. The summed E-state index contributed by atoms with van der Waals surface area (Å²) in [6.45, 7) is 3.65. The van der Waals surface area contributed by atoms with Crippen LogP contribution in [0.15, 0.2) is 18.2 Å². The summed E-state index contributed by atoms with van der Waals surface area (Å²) in [6.07, 6.45) is -0.100. The number of esters is 1. The first-order valence-electron chi connectivity index (χ1n) is 4.60. The Labute approximate surface area is 93.5 Å². The first kappa shape index (κ1) is 10.3. The average molecular weight is 269 g/mol. The summed E-state index contributed by atoms with van der Waals surface area (Å²) in [6, 6.07) is 5.27. The summed E-state index contributed by atoms with van der Waals surface area (Å²) in [7, 11) is 0. The van der Waals surface area contributed by atoms with Gasteiger partial charge in [0.1, 0.15) is 0 Å². The number of rotatable bonds is 2. The molecule has 0 aliphatic rings. The van der Waals surface area contributed by atoms with Crippen LogP contribution in [0.3, 0.4) is 0 Å². The standard InChI is InChI=1S/C10H10N2O2Se/c1-6(2)14-10(13)7-3-4-8-9(5-7)12-15-11-8/h3-6H,1-2H3. The van der Waals surface area contributed by atoms with Gasteiger partial charge in [0.25, 0.3) is 0 Å². The number of hydrogen-bond donors (Lipinski definition) is 0. The van der Waals surface area contributed by atoms with E-state index in [0.29, 0.717) is 5.56 Å². The van der Waals surface area contributed by atoms with Crippen LogP contribution in [-0.2, 0) is 4.74 Å². The third-order valence-corrected chi connectivity index (χ3v) is 3.00. The van der Waals surface area contributed by atoms with Gasteiger partial charge in [-0.1, -0.05) is 0 Å². The zero-order valence-corrected chi connectivity index (χ0v) is 10.1. The van der Waals surface area contributed by atoms with Gasteiger partial charge in [-0.05, 0) is 0 Å². The molecule has 1 aromatic heterocycles. The molecule has 0 unspecified atom stereocenters. The SMILES string of the molecule is CC(C)OC(=O)c1ccc2n[se]nc2c1. The van der Waals surface area contributed by atoms with Crippen molar-refractivity contribution >= 4 is 32.0 Å². The summed E-state index contributed by atoms with van der Waals surface area (Å²) in [5.41, 5.74) is 2.21. The minimum atomic E-state index is -0.303. The van der Waals surface area contributed by atoms with E-state index in [-0.39, 0.29) is 27.0 Å². The van der Waals surface area contributed by atoms with E-state index in [1.807, 2.05) is 19.9 Å². The Morgan fingerprint density at radius 3 is 2.80 bits per heavy atom. The van der Waals surface area contributed by atoms with Crippen molar-refractivity contribution < 1.29 is 9.53 Å². The van der Waals surface area contributed by atoms with Crippen molar-refractivity contribution in [3.8, 4) is 0 Å². The molecular weight excluding hydrogens is 259 g/mol. The fourth-order valence-electron chi connectivity index (χ4n) is 1.19. The van der Waals surface area contributed by atoms with Crippen LogP contribution < -0.4 is 0 Å². The van der Waals surface area contributed by atoms with E-state index in [9.17, 15) is 4.79 Å². The quantitative estimate of drug-likeness (QED) is 0.608. The van der Waals surface area contributed by atoms with Crippen molar-refractivity contribution in [2.45, 2.75) is 20.0 Å². The molecule has 5 heteroatoms. The van der Waals surface area contributed by atoms with Crippen LogP contribution in [0.2, 0.25) is 0 Å². The molecule has 0 spiro atoms. The Hall–Kier alpha value is -1.19. The Bertz CT molecular complexity index is 493. The van der Waals surface area contributed by atoms with Crippen LogP contribution in [0.4, 0.5) is 0 Å². The second-order valence-electron chi connectivity index (χ2n) is 3.42. The van der Waals surface area contributed by atoms with Crippen molar-refractivity contribution in [3.63, 3.8) is 0 Å². The molecule has 0 fully saturated rings. The molecule has 78 valence electrons. The van der Waals surface area contributed by atoms with Crippen LogP contribution in [0, 0.1) is 0 Å². The third kappa shape index (κ3) is 2.25. The number of carbonyl (C=O) groups is 1. The molecule has 1 aromatic carbocycles. The second kappa shape index (κ2) is 4.13. The molecule has 2 aromatic rings. The molecule has 0 saturated heterocycles. The zero-order chi connectivity index (χ0) is 10.8. The summed E-state index contributed by atoms with van der Waals surface area (Å²) in [5.74, 6) is -0.303. The number of aromatic nitrogens is 2. The number of fused-ring (bicyclic) bond motifs is 1. The molecule has 0 aliphatic heterocycles. The summed E-state index contributed by atoms with van der Waals surface area (Å²) < 4.78 is 13.5. The first-order valence-corrected chi connectivity index (χ1v) is 6.13. The van der Waals surface area contributed by atoms with Gasteiger partial charge in [0.2, 0.25) is 0 Å². The number of nitrogens with zero attached hydrogens (tertiary/aromatic N) is 2. The van der Waals surface area contributed by atoms with Crippen LogP contribution >= 0.6 is 0 Å². The molecular formula is C10H10N2O2Se. The van der Waals surface area contributed by atoms with Crippen LogP contribution in [0.25, 0.3) is 11.0 Å². The van der Waals surface area contributed by atoms with Crippen LogP contribution in [-0.4, -0.2) is 35.0 Å². The predicted molar refractivity (Wildman–Crippen MR) is 57.0 cm³/mol. The van der Waals surface area contributed by atoms with E-state index in [4.69, 9.17) is 4.74 Å². The van der Waals surface area contributed by atoms with E-state index < -0.39 is 0 Å². The molecule has 15 heavy (non-hydrogen) atoms. The Morgan fingerprint density at radius 2 is 2.07 bits per heavy atom. The average Bonchev–Trinajstić information content (AvgIpc) is 2.62. The van der Waals surface area contributed by atoms with Crippen molar-refractivity contribution in [2.75, 3.05) is 0 Å². The monoisotopic (exact) mass is 270 g/mol. The number of hydrogen-bond acceptors (Lipinski definition) is 4. The molecule has 0 bridgehead atoms. The van der Waals surface area contributed by atoms with Gasteiger partial charge in [-0.2, -0.15) is 0 Å². The molecule has 4 nitrogen and oxygen atoms in total. The summed E-state index contributed by atoms with van der Waals surface area (Å²) in [4.78, 5) is 11.6. The van der Waals surface area contributed by atoms with E-state index in [0.717, 1.165) is 11.0 Å². The summed E-state index contributed by atoms with van der Waals surface area (Å²) >= 11 is -0.0527. The molecule has 1 heterocycles. The molecule has 0 aliphatic carbocycles. The maximum absolute atomic E-state index is 11.6. The van der Waals surface area contributed by atoms with Crippen molar-refractivity contribution in [1.82, 2.24) is 7.96 Å². The van der Waals surface area contributed by atoms with Gasteiger partial charge in [-0.25, -0.2) is 0 Å². The summed E-state index contributed by atoms with van der Waals surface area (Å²) in [5, 5.41) is 0. The third-order valence-electron chi connectivity index (χ3n) is 1.83. The zero-order valence-electron chi connectivity index (χ0n) is 8.43. The molecule has 0 amide bonds. The molecule has 2 rings (SSSR count). The normalized spacial score (nSPS) is 10.9. The second-order valence-corrected chi connectivity index (χ2v) is 4.53. The first-order chi connectivity index (χ1) is 7.16. The van der Waals surface area contributed by atoms with Crippen molar-refractivity contribution in [3.05, 3.63) is 23.8 Å². The molecule has 0 N–H and O–H groups in total. The predicted octanol–water partition coefficient (Wildman–Crippen LogP) is 1.25. The van der Waals surface area contributed by atoms with Gasteiger partial charge in [0, 0.05) is 0 Å².